The average Bonchev–Trinajstić information content (AvgIpc) is 2.65. The van der Waals surface area contributed by atoms with Crippen molar-refractivity contribution in [2.45, 2.75) is 4.90 Å². The molecular weight excluding hydrogens is 354 g/mol. The SMILES string of the molecule is COc1ccc(/C=C/C(=O)c2ccc(S(=O)(=O)N(C)C)cc2)cc1OC. The monoisotopic (exact) mass is 375 g/mol. The summed E-state index contributed by atoms with van der Waals surface area (Å²) in [6.45, 7) is 0. The molecule has 0 saturated heterocycles. The van der Waals surface area contributed by atoms with Gasteiger partial charge >= 0.3 is 0 Å². The van der Waals surface area contributed by atoms with E-state index < -0.39 is 10.0 Å². The molecule has 0 amide bonds. The third kappa shape index (κ3) is 4.30. The van der Waals surface area contributed by atoms with Gasteiger partial charge in [-0.3, -0.25) is 4.79 Å². The Morgan fingerprint density at radius 2 is 1.58 bits per heavy atom. The first-order chi connectivity index (χ1) is 12.3. The van der Waals surface area contributed by atoms with Crippen molar-refractivity contribution >= 4 is 21.9 Å². The van der Waals surface area contributed by atoms with E-state index >= 15 is 0 Å². The number of methoxy groups -OCH3 is 2. The van der Waals surface area contributed by atoms with E-state index in [1.54, 1.807) is 38.5 Å². The van der Waals surface area contributed by atoms with E-state index in [0.29, 0.717) is 17.1 Å². The molecular formula is C19H21NO5S. The Hall–Kier alpha value is -2.64. The minimum atomic E-state index is -3.51. The molecule has 0 bridgehead atoms. The number of sulfonamides is 1. The molecule has 0 fully saturated rings. The molecule has 0 aliphatic heterocycles. The maximum absolute atomic E-state index is 12.3. The number of carbonyl (C=O) groups excluding carboxylic acids is 1. The van der Waals surface area contributed by atoms with Crippen LogP contribution >= 0.6 is 0 Å². The molecule has 0 aliphatic carbocycles. The topological polar surface area (TPSA) is 72.9 Å². The van der Waals surface area contributed by atoms with Gasteiger partial charge in [-0.05, 0) is 48.0 Å². The van der Waals surface area contributed by atoms with Crippen molar-refractivity contribution in [1.82, 2.24) is 4.31 Å². The highest BCUT2D eigenvalue weighted by atomic mass is 32.2. The fraction of sp³-hybridized carbons (Fsp3) is 0.211. The van der Waals surface area contributed by atoms with Crippen LogP contribution in [0.5, 0.6) is 11.5 Å². The second kappa shape index (κ2) is 8.16. The summed E-state index contributed by atoms with van der Waals surface area (Å²) in [6, 6.07) is 11.2. The van der Waals surface area contributed by atoms with Crippen LogP contribution in [0.4, 0.5) is 0 Å². The third-order valence-electron chi connectivity index (χ3n) is 3.75. The molecule has 2 aromatic rings. The summed E-state index contributed by atoms with van der Waals surface area (Å²) in [6.07, 6.45) is 3.09. The fourth-order valence-electron chi connectivity index (χ4n) is 2.23. The van der Waals surface area contributed by atoms with Crippen molar-refractivity contribution in [3.8, 4) is 11.5 Å². The molecule has 0 unspecified atom stereocenters. The van der Waals surface area contributed by atoms with Crippen molar-refractivity contribution in [2.24, 2.45) is 0 Å². The summed E-state index contributed by atoms with van der Waals surface area (Å²) in [5, 5.41) is 0. The molecule has 0 radical (unpaired) electrons. The van der Waals surface area contributed by atoms with Gasteiger partial charge < -0.3 is 9.47 Å². The van der Waals surface area contributed by atoms with Gasteiger partial charge in [0.25, 0.3) is 0 Å². The number of hydrogen-bond acceptors (Lipinski definition) is 5. The van der Waals surface area contributed by atoms with Gasteiger partial charge in [-0.25, -0.2) is 12.7 Å². The quantitative estimate of drug-likeness (QED) is 0.550. The number of hydrogen-bond donors (Lipinski definition) is 0. The largest absolute Gasteiger partial charge is 0.493 e. The maximum atomic E-state index is 12.3. The molecule has 26 heavy (non-hydrogen) atoms. The zero-order valence-corrected chi connectivity index (χ0v) is 15.9. The molecule has 0 heterocycles. The predicted octanol–water partition coefficient (Wildman–Crippen LogP) is 2.85. The Morgan fingerprint density at radius 1 is 0.962 bits per heavy atom. The van der Waals surface area contributed by atoms with E-state index in [9.17, 15) is 13.2 Å². The standard InChI is InChI=1S/C19H21NO5S/c1-20(2)26(22,23)16-9-7-15(8-10-16)17(21)11-5-14-6-12-18(24-3)19(13-14)25-4/h5-13H,1-4H3/b11-5+. The minimum absolute atomic E-state index is 0.142. The van der Waals surface area contributed by atoms with Crippen molar-refractivity contribution in [1.29, 1.82) is 0 Å². The number of carbonyl (C=O) groups is 1. The van der Waals surface area contributed by atoms with Crippen molar-refractivity contribution < 1.29 is 22.7 Å². The number of benzene rings is 2. The lowest BCUT2D eigenvalue weighted by atomic mass is 10.1. The zero-order chi connectivity index (χ0) is 19.3. The van der Waals surface area contributed by atoms with Gasteiger partial charge in [-0.1, -0.05) is 12.1 Å². The second-order valence-electron chi connectivity index (χ2n) is 5.62. The Labute approximate surface area is 153 Å². The molecule has 0 atom stereocenters. The van der Waals surface area contributed by atoms with Gasteiger partial charge in [0.1, 0.15) is 0 Å². The Morgan fingerprint density at radius 3 is 2.12 bits per heavy atom. The minimum Gasteiger partial charge on any atom is -0.493 e. The van der Waals surface area contributed by atoms with Crippen molar-refractivity contribution in [2.75, 3.05) is 28.3 Å². The molecule has 6 nitrogen and oxygen atoms in total. The lowest BCUT2D eigenvalue weighted by molar-refractivity contribution is 0.104. The average molecular weight is 375 g/mol. The van der Waals surface area contributed by atoms with Crippen LogP contribution < -0.4 is 9.47 Å². The Balaban J connectivity index is 2.19. The molecule has 0 aromatic heterocycles. The van der Waals surface area contributed by atoms with Gasteiger partial charge in [0.2, 0.25) is 10.0 Å². The number of rotatable bonds is 7. The highest BCUT2D eigenvalue weighted by molar-refractivity contribution is 7.89. The zero-order valence-electron chi connectivity index (χ0n) is 15.1. The number of ether oxygens (including phenoxy) is 2. The van der Waals surface area contributed by atoms with Crippen molar-refractivity contribution in [3.05, 3.63) is 59.7 Å². The lowest BCUT2D eigenvalue weighted by Gasteiger charge is -2.11. The smallest absolute Gasteiger partial charge is 0.242 e. The summed E-state index contributed by atoms with van der Waals surface area (Å²) in [5.41, 5.74) is 1.18. The van der Waals surface area contributed by atoms with Crippen LogP contribution in [-0.4, -0.2) is 46.8 Å². The van der Waals surface area contributed by atoms with Gasteiger partial charge in [-0.15, -0.1) is 0 Å². The van der Waals surface area contributed by atoms with Gasteiger partial charge in [0.05, 0.1) is 19.1 Å². The van der Waals surface area contributed by atoms with Crippen molar-refractivity contribution in [3.63, 3.8) is 0 Å². The molecule has 0 N–H and O–H groups in total. The van der Waals surface area contributed by atoms with Crippen LogP contribution in [0, 0.1) is 0 Å². The van der Waals surface area contributed by atoms with Gasteiger partial charge in [0, 0.05) is 19.7 Å². The first-order valence-corrected chi connectivity index (χ1v) is 9.20. The number of nitrogens with zero attached hydrogens (tertiary/aromatic N) is 1. The molecule has 2 rings (SSSR count). The van der Waals surface area contributed by atoms with Crippen LogP contribution in [0.1, 0.15) is 15.9 Å². The van der Waals surface area contributed by atoms with Gasteiger partial charge in [-0.2, -0.15) is 0 Å². The van der Waals surface area contributed by atoms with Crippen LogP contribution in [0.15, 0.2) is 53.4 Å². The van der Waals surface area contributed by atoms with E-state index in [1.807, 2.05) is 0 Å². The number of allylic oxidation sites excluding steroid dienone is 1. The van der Waals surface area contributed by atoms with E-state index in [2.05, 4.69) is 0 Å². The highest BCUT2D eigenvalue weighted by Gasteiger charge is 2.17. The summed E-state index contributed by atoms with van der Waals surface area (Å²) >= 11 is 0. The van der Waals surface area contributed by atoms with Crippen LogP contribution in [0.25, 0.3) is 6.08 Å². The highest BCUT2D eigenvalue weighted by Crippen LogP contribution is 2.28. The second-order valence-corrected chi connectivity index (χ2v) is 7.78. The first-order valence-electron chi connectivity index (χ1n) is 7.76. The lowest BCUT2D eigenvalue weighted by Crippen LogP contribution is -2.22. The van der Waals surface area contributed by atoms with E-state index in [-0.39, 0.29) is 10.7 Å². The predicted molar refractivity (Wildman–Crippen MR) is 100 cm³/mol. The number of ketones is 1. The molecule has 0 aliphatic rings. The summed E-state index contributed by atoms with van der Waals surface area (Å²) in [4.78, 5) is 12.4. The van der Waals surface area contributed by atoms with E-state index in [1.165, 1.54) is 44.4 Å². The van der Waals surface area contributed by atoms with E-state index in [4.69, 9.17) is 9.47 Å². The van der Waals surface area contributed by atoms with E-state index in [0.717, 1.165) is 9.87 Å². The summed E-state index contributed by atoms with van der Waals surface area (Å²) in [7, 11) is 2.50. The Kier molecular flexibility index (Phi) is 6.18. The first kappa shape index (κ1) is 19.7. The fourth-order valence-corrected chi connectivity index (χ4v) is 3.13. The summed E-state index contributed by atoms with van der Waals surface area (Å²) < 4.78 is 35.6. The molecule has 7 heteroatoms. The Bertz CT molecular complexity index is 915. The van der Waals surface area contributed by atoms with Gasteiger partial charge in [0.15, 0.2) is 17.3 Å². The van der Waals surface area contributed by atoms with Crippen LogP contribution in [0.3, 0.4) is 0 Å². The molecule has 0 saturated carbocycles. The molecule has 2 aromatic carbocycles. The van der Waals surface area contributed by atoms with Crippen LogP contribution in [-0.2, 0) is 10.0 Å². The normalized spacial score (nSPS) is 11.7. The maximum Gasteiger partial charge on any atom is 0.242 e. The van der Waals surface area contributed by atoms with Crippen LogP contribution in [0.2, 0.25) is 0 Å². The molecule has 0 spiro atoms. The third-order valence-corrected chi connectivity index (χ3v) is 5.58. The molecule has 138 valence electrons. The summed E-state index contributed by atoms with van der Waals surface area (Å²) in [5.74, 6) is 0.947.